The second kappa shape index (κ2) is 5.87. The van der Waals surface area contributed by atoms with Crippen LogP contribution in [-0.2, 0) is 4.74 Å². The van der Waals surface area contributed by atoms with E-state index in [1.807, 2.05) is 0 Å². The summed E-state index contributed by atoms with van der Waals surface area (Å²) in [5.74, 6) is -0.447. The van der Waals surface area contributed by atoms with E-state index < -0.39 is 5.97 Å². The van der Waals surface area contributed by atoms with Crippen molar-refractivity contribution in [1.29, 1.82) is 0 Å². The van der Waals surface area contributed by atoms with Gasteiger partial charge in [0, 0.05) is 17.9 Å². The molecule has 0 fully saturated rings. The number of ketones is 1. The number of hydrogen-bond acceptors (Lipinski definition) is 3. The fraction of sp³-hybridized carbons (Fsp3) is 0.273. The summed E-state index contributed by atoms with van der Waals surface area (Å²) >= 11 is 11.3. The Balaban J connectivity index is 3.07. The van der Waals surface area contributed by atoms with Gasteiger partial charge in [-0.15, -0.1) is 11.6 Å². The minimum Gasteiger partial charge on any atom is -0.465 e. The summed E-state index contributed by atoms with van der Waals surface area (Å²) in [6, 6.07) is 4.47. The first kappa shape index (κ1) is 13.0. The molecular weight excluding hydrogens is 251 g/mol. The molecule has 0 radical (unpaired) electrons. The van der Waals surface area contributed by atoms with Crippen LogP contribution in [0.4, 0.5) is 0 Å². The van der Waals surface area contributed by atoms with Crippen molar-refractivity contribution in [2.24, 2.45) is 0 Å². The topological polar surface area (TPSA) is 43.4 Å². The van der Waals surface area contributed by atoms with E-state index in [0.717, 1.165) is 0 Å². The second-order valence-corrected chi connectivity index (χ2v) is 3.83. The summed E-state index contributed by atoms with van der Waals surface area (Å²) in [6.45, 7) is 0. The van der Waals surface area contributed by atoms with Crippen LogP contribution in [0.2, 0.25) is 5.02 Å². The van der Waals surface area contributed by atoms with Gasteiger partial charge in [0.1, 0.15) is 0 Å². The Morgan fingerprint density at radius 1 is 1.38 bits per heavy atom. The Morgan fingerprint density at radius 3 is 2.62 bits per heavy atom. The highest BCUT2D eigenvalue weighted by molar-refractivity contribution is 6.33. The summed E-state index contributed by atoms with van der Waals surface area (Å²) in [5.41, 5.74) is 0.593. The van der Waals surface area contributed by atoms with Gasteiger partial charge in [-0.3, -0.25) is 4.79 Å². The fourth-order valence-corrected chi connectivity index (χ4v) is 1.56. The maximum atomic E-state index is 11.5. The zero-order valence-corrected chi connectivity index (χ0v) is 10.1. The molecule has 0 saturated carbocycles. The Kier molecular flexibility index (Phi) is 4.77. The average molecular weight is 261 g/mol. The Hall–Kier alpha value is -1.06. The molecule has 0 aliphatic heterocycles. The van der Waals surface area contributed by atoms with Crippen LogP contribution in [0.3, 0.4) is 0 Å². The molecule has 1 rings (SSSR count). The molecule has 1 aromatic rings. The van der Waals surface area contributed by atoms with Crippen molar-refractivity contribution >= 4 is 35.0 Å². The van der Waals surface area contributed by atoms with E-state index in [1.54, 1.807) is 6.07 Å². The van der Waals surface area contributed by atoms with E-state index in [1.165, 1.54) is 19.2 Å². The molecule has 0 aliphatic carbocycles. The van der Waals surface area contributed by atoms with Gasteiger partial charge in [0.2, 0.25) is 0 Å². The SMILES string of the molecule is COC(=O)c1cc(C(=O)CCCl)ccc1Cl. The number of alkyl halides is 1. The predicted octanol–water partition coefficient (Wildman–Crippen LogP) is 2.94. The van der Waals surface area contributed by atoms with Crippen LogP contribution in [-0.4, -0.2) is 24.7 Å². The number of carbonyl (C=O) groups is 2. The van der Waals surface area contributed by atoms with Crippen LogP contribution in [0.5, 0.6) is 0 Å². The summed E-state index contributed by atoms with van der Waals surface area (Å²) in [5, 5.41) is 0.259. The third kappa shape index (κ3) is 2.97. The van der Waals surface area contributed by atoms with Gasteiger partial charge in [-0.05, 0) is 18.2 Å². The number of esters is 1. The number of carbonyl (C=O) groups excluding carboxylic acids is 2. The van der Waals surface area contributed by atoms with Gasteiger partial charge in [0.15, 0.2) is 5.78 Å². The molecule has 0 unspecified atom stereocenters. The lowest BCUT2D eigenvalue weighted by atomic mass is 10.1. The highest BCUT2D eigenvalue weighted by Crippen LogP contribution is 2.19. The summed E-state index contributed by atoms with van der Waals surface area (Å²) < 4.78 is 4.55. The number of hydrogen-bond donors (Lipinski definition) is 0. The molecule has 0 saturated heterocycles. The van der Waals surface area contributed by atoms with Crippen molar-refractivity contribution in [3.05, 3.63) is 34.3 Å². The minimum absolute atomic E-state index is 0.128. The van der Waals surface area contributed by atoms with E-state index in [9.17, 15) is 9.59 Å². The molecule has 0 aliphatic rings. The Bertz CT molecular complexity index is 416. The smallest absolute Gasteiger partial charge is 0.339 e. The monoisotopic (exact) mass is 260 g/mol. The van der Waals surface area contributed by atoms with Crippen molar-refractivity contribution < 1.29 is 14.3 Å². The van der Waals surface area contributed by atoms with Crippen LogP contribution >= 0.6 is 23.2 Å². The van der Waals surface area contributed by atoms with E-state index in [-0.39, 0.29) is 28.7 Å². The van der Waals surface area contributed by atoms with Gasteiger partial charge in [-0.1, -0.05) is 11.6 Å². The van der Waals surface area contributed by atoms with Crippen LogP contribution in [0, 0.1) is 0 Å². The zero-order valence-electron chi connectivity index (χ0n) is 8.63. The van der Waals surface area contributed by atoms with Gasteiger partial charge in [0.25, 0.3) is 0 Å². The summed E-state index contributed by atoms with van der Waals surface area (Å²) in [6.07, 6.45) is 0.226. The number of rotatable bonds is 4. The molecule has 16 heavy (non-hydrogen) atoms. The maximum absolute atomic E-state index is 11.5. The molecule has 86 valence electrons. The lowest BCUT2D eigenvalue weighted by Crippen LogP contribution is -2.06. The van der Waals surface area contributed by atoms with Crippen LogP contribution in [0.15, 0.2) is 18.2 Å². The Labute approximate surface area is 103 Å². The molecule has 5 heteroatoms. The van der Waals surface area contributed by atoms with Crippen LogP contribution < -0.4 is 0 Å². The summed E-state index contributed by atoms with van der Waals surface area (Å²) in [4.78, 5) is 22.9. The van der Waals surface area contributed by atoms with Crippen molar-refractivity contribution in [1.82, 2.24) is 0 Å². The third-order valence-electron chi connectivity index (χ3n) is 2.02. The van der Waals surface area contributed by atoms with Gasteiger partial charge >= 0.3 is 5.97 Å². The number of methoxy groups -OCH3 is 1. The first-order chi connectivity index (χ1) is 7.60. The largest absolute Gasteiger partial charge is 0.465 e. The van der Waals surface area contributed by atoms with Gasteiger partial charge in [-0.25, -0.2) is 4.79 Å². The van der Waals surface area contributed by atoms with Gasteiger partial charge in [-0.2, -0.15) is 0 Å². The highest BCUT2D eigenvalue weighted by Gasteiger charge is 2.14. The third-order valence-corrected chi connectivity index (χ3v) is 2.53. The molecule has 0 aromatic heterocycles. The normalized spacial score (nSPS) is 9.94. The molecule has 0 spiro atoms. The standard InChI is InChI=1S/C11H10Cl2O3/c1-16-11(15)8-6-7(2-3-9(8)13)10(14)4-5-12/h2-3,6H,4-5H2,1H3. The van der Waals surface area contributed by atoms with E-state index in [0.29, 0.717) is 5.56 Å². The molecule has 0 heterocycles. The molecule has 0 amide bonds. The lowest BCUT2D eigenvalue weighted by molar-refractivity contribution is 0.0601. The number of benzene rings is 1. The second-order valence-electron chi connectivity index (χ2n) is 3.05. The minimum atomic E-state index is -0.564. The maximum Gasteiger partial charge on any atom is 0.339 e. The summed E-state index contributed by atoms with van der Waals surface area (Å²) in [7, 11) is 1.26. The van der Waals surface area contributed by atoms with E-state index in [2.05, 4.69) is 4.74 Å². The molecule has 3 nitrogen and oxygen atoms in total. The molecule has 0 N–H and O–H groups in total. The van der Waals surface area contributed by atoms with Gasteiger partial charge in [0.05, 0.1) is 17.7 Å². The molecular formula is C11H10Cl2O3. The number of ether oxygens (including phenoxy) is 1. The number of halogens is 2. The zero-order chi connectivity index (χ0) is 12.1. The van der Waals surface area contributed by atoms with Gasteiger partial charge < -0.3 is 4.74 Å². The first-order valence-corrected chi connectivity index (χ1v) is 5.48. The van der Waals surface area contributed by atoms with E-state index >= 15 is 0 Å². The van der Waals surface area contributed by atoms with Crippen molar-refractivity contribution in [2.75, 3.05) is 13.0 Å². The predicted molar refractivity (Wildman–Crippen MR) is 62.5 cm³/mol. The highest BCUT2D eigenvalue weighted by atomic mass is 35.5. The lowest BCUT2D eigenvalue weighted by Gasteiger charge is -2.04. The Morgan fingerprint density at radius 2 is 2.06 bits per heavy atom. The van der Waals surface area contributed by atoms with Crippen molar-refractivity contribution in [3.8, 4) is 0 Å². The van der Waals surface area contributed by atoms with Crippen molar-refractivity contribution in [2.45, 2.75) is 6.42 Å². The fourth-order valence-electron chi connectivity index (χ4n) is 1.20. The van der Waals surface area contributed by atoms with Crippen LogP contribution in [0.25, 0.3) is 0 Å². The molecule has 1 aromatic carbocycles. The quantitative estimate of drug-likeness (QED) is 0.475. The van der Waals surface area contributed by atoms with E-state index in [4.69, 9.17) is 23.2 Å². The van der Waals surface area contributed by atoms with Crippen LogP contribution in [0.1, 0.15) is 27.1 Å². The molecule has 0 bridgehead atoms. The number of Topliss-reactive ketones (excluding diaryl/α,β-unsaturated/α-hetero) is 1. The average Bonchev–Trinajstić information content (AvgIpc) is 2.29. The first-order valence-electron chi connectivity index (χ1n) is 4.57. The van der Waals surface area contributed by atoms with Crippen molar-refractivity contribution in [3.63, 3.8) is 0 Å². The molecule has 0 atom stereocenters.